The molecule has 0 saturated heterocycles. The minimum atomic E-state index is 0.254. The second-order valence-electron chi connectivity index (χ2n) is 4.53. The van der Waals surface area contributed by atoms with Crippen molar-refractivity contribution in [3.8, 4) is 5.75 Å². The second kappa shape index (κ2) is 8.79. The summed E-state index contributed by atoms with van der Waals surface area (Å²) in [5.74, 6) is 1.72. The number of benzene rings is 1. The van der Waals surface area contributed by atoms with E-state index in [-0.39, 0.29) is 5.96 Å². The van der Waals surface area contributed by atoms with Crippen LogP contribution in [0.3, 0.4) is 0 Å². The maximum atomic E-state index is 5.85. The van der Waals surface area contributed by atoms with Crippen molar-refractivity contribution in [1.29, 1.82) is 0 Å². The van der Waals surface area contributed by atoms with Crippen LogP contribution in [-0.2, 0) is 0 Å². The minimum Gasteiger partial charge on any atom is -0.497 e. The number of nitrogens with two attached hydrogens (primary N) is 1. The molecule has 0 amide bonds. The Morgan fingerprint density at radius 2 is 2.10 bits per heavy atom. The van der Waals surface area contributed by atoms with Crippen molar-refractivity contribution in [3.05, 3.63) is 36.2 Å². The SMILES string of the molecule is CC/C=C(/N=C(N)\N=C(/C)CC)Nc1cccc(OC)c1. The van der Waals surface area contributed by atoms with Crippen molar-refractivity contribution in [2.24, 2.45) is 15.7 Å². The van der Waals surface area contributed by atoms with Gasteiger partial charge in [-0.1, -0.05) is 19.9 Å². The zero-order chi connectivity index (χ0) is 15.7. The van der Waals surface area contributed by atoms with Crippen LogP contribution in [0.1, 0.15) is 33.6 Å². The van der Waals surface area contributed by atoms with E-state index in [1.54, 1.807) is 7.11 Å². The second-order valence-corrected chi connectivity index (χ2v) is 4.53. The van der Waals surface area contributed by atoms with E-state index < -0.39 is 0 Å². The monoisotopic (exact) mass is 288 g/mol. The zero-order valence-electron chi connectivity index (χ0n) is 13.2. The molecule has 5 nitrogen and oxygen atoms in total. The van der Waals surface area contributed by atoms with E-state index in [9.17, 15) is 0 Å². The summed E-state index contributed by atoms with van der Waals surface area (Å²) < 4.78 is 5.20. The number of rotatable bonds is 6. The highest BCUT2D eigenvalue weighted by Crippen LogP contribution is 2.18. The zero-order valence-corrected chi connectivity index (χ0v) is 13.2. The van der Waals surface area contributed by atoms with Crippen molar-refractivity contribution < 1.29 is 4.74 Å². The molecule has 0 aliphatic rings. The molecule has 21 heavy (non-hydrogen) atoms. The van der Waals surface area contributed by atoms with Crippen LogP contribution >= 0.6 is 0 Å². The largest absolute Gasteiger partial charge is 0.497 e. The smallest absolute Gasteiger partial charge is 0.221 e. The van der Waals surface area contributed by atoms with E-state index in [0.717, 1.165) is 30.0 Å². The number of anilines is 1. The normalized spacial score (nSPS) is 13.2. The predicted molar refractivity (Wildman–Crippen MR) is 90.0 cm³/mol. The summed E-state index contributed by atoms with van der Waals surface area (Å²) in [6, 6.07) is 7.65. The highest BCUT2D eigenvalue weighted by molar-refractivity contribution is 5.95. The number of nitrogens with one attached hydrogen (secondary N) is 1. The molecule has 0 aromatic heterocycles. The molecule has 0 saturated carbocycles. The third-order valence-corrected chi connectivity index (χ3v) is 2.79. The van der Waals surface area contributed by atoms with Crippen LogP contribution in [0.5, 0.6) is 5.75 Å². The molecule has 1 rings (SSSR count). The third-order valence-electron chi connectivity index (χ3n) is 2.79. The Morgan fingerprint density at radius 3 is 2.71 bits per heavy atom. The third kappa shape index (κ3) is 6.12. The van der Waals surface area contributed by atoms with Gasteiger partial charge in [0.2, 0.25) is 5.96 Å². The Morgan fingerprint density at radius 1 is 1.33 bits per heavy atom. The Balaban J connectivity index is 2.92. The lowest BCUT2D eigenvalue weighted by atomic mass is 10.3. The summed E-state index contributed by atoms with van der Waals surface area (Å²) in [6.07, 6.45) is 3.66. The van der Waals surface area contributed by atoms with Gasteiger partial charge in [-0.3, -0.25) is 0 Å². The Bertz CT molecular complexity index is 547. The van der Waals surface area contributed by atoms with E-state index >= 15 is 0 Å². The summed E-state index contributed by atoms with van der Waals surface area (Å²) in [5.41, 5.74) is 7.69. The fourth-order valence-electron chi connectivity index (χ4n) is 1.59. The first-order valence-electron chi connectivity index (χ1n) is 7.08. The highest BCUT2D eigenvalue weighted by atomic mass is 16.5. The van der Waals surface area contributed by atoms with Gasteiger partial charge in [-0.15, -0.1) is 0 Å². The van der Waals surface area contributed by atoms with Crippen LogP contribution in [0.15, 0.2) is 46.1 Å². The Labute approximate surface area is 126 Å². The topological polar surface area (TPSA) is 72.0 Å². The van der Waals surface area contributed by atoms with E-state index in [1.807, 2.05) is 51.1 Å². The van der Waals surface area contributed by atoms with Gasteiger partial charge in [0.25, 0.3) is 0 Å². The van der Waals surface area contributed by atoms with Crippen molar-refractivity contribution >= 4 is 17.4 Å². The summed E-state index contributed by atoms with van der Waals surface area (Å²) in [4.78, 5) is 8.55. The van der Waals surface area contributed by atoms with Crippen LogP contribution in [0.25, 0.3) is 0 Å². The van der Waals surface area contributed by atoms with E-state index in [2.05, 4.69) is 15.3 Å². The molecule has 114 valence electrons. The summed E-state index contributed by atoms with van der Waals surface area (Å²) in [5, 5.41) is 3.22. The highest BCUT2D eigenvalue weighted by Gasteiger charge is 2.00. The molecule has 3 N–H and O–H groups in total. The first kappa shape index (κ1) is 16.8. The minimum absolute atomic E-state index is 0.254. The lowest BCUT2D eigenvalue weighted by Gasteiger charge is -2.09. The predicted octanol–water partition coefficient (Wildman–Crippen LogP) is 3.54. The number of aliphatic imine (C=N–C) groups is 2. The van der Waals surface area contributed by atoms with Gasteiger partial charge in [-0.05, 0) is 38.0 Å². The molecule has 0 atom stereocenters. The van der Waals surface area contributed by atoms with Crippen LogP contribution in [0.2, 0.25) is 0 Å². The van der Waals surface area contributed by atoms with Gasteiger partial charge >= 0.3 is 0 Å². The number of hydrogen-bond donors (Lipinski definition) is 2. The van der Waals surface area contributed by atoms with E-state index in [1.165, 1.54) is 0 Å². The quantitative estimate of drug-likeness (QED) is 0.621. The van der Waals surface area contributed by atoms with Crippen molar-refractivity contribution in [2.75, 3.05) is 12.4 Å². The molecule has 0 aliphatic heterocycles. The molecule has 1 aromatic carbocycles. The maximum Gasteiger partial charge on any atom is 0.221 e. The molecule has 0 bridgehead atoms. The van der Waals surface area contributed by atoms with Gasteiger partial charge < -0.3 is 15.8 Å². The number of ether oxygens (including phenoxy) is 1. The first-order valence-corrected chi connectivity index (χ1v) is 7.08. The molecule has 0 aliphatic carbocycles. The average Bonchev–Trinajstić information content (AvgIpc) is 2.47. The van der Waals surface area contributed by atoms with Gasteiger partial charge in [0, 0.05) is 17.5 Å². The van der Waals surface area contributed by atoms with Crippen molar-refractivity contribution in [1.82, 2.24) is 0 Å². The lowest BCUT2D eigenvalue weighted by Crippen LogP contribution is -2.13. The molecule has 0 heterocycles. The number of hydrogen-bond acceptors (Lipinski definition) is 3. The number of allylic oxidation sites excluding steroid dienone is 1. The van der Waals surface area contributed by atoms with Crippen LogP contribution in [0, 0.1) is 0 Å². The van der Waals surface area contributed by atoms with Gasteiger partial charge in [0.15, 0.2) is 0 Å². The van der Waals surface area contributed by atoms with Crippen LogP contribution in [-0.4, -0.2) is 18.8 Å². The molecule has 0 unspecified atom stereocenters. The van der Waals surface area contributed by atoms with E-state index in [0.29, 0.717) is 5.82 Å². The number of methoxy groups -OCH3 is 1. The molecular formula is C16H24N4O. The summed E-state index contributed by atoms with van der Waals surface area (Å²) in [7, 11) is 1.64. The van der Waals surface area contributed by atoms with Crippen molar-refractivity contribution in [2.45, 2.75) is 33.6 Å². The van der Waals surface area contributed by atoms with Crippen molar-refractivity contribution in [3.63, 3.8) is 0 Å². The number of guanidine groups is 1. The molecule has 0 radical (unpaired) electrons. The average molecular weight is 288 g/mol. The summed E-state index contributed by atoms with van der Waals surface area (Å²) >= 11 is 0. The molecule has 0 spiro atoms. The summed E-state index contributed by atoms with van der Waals surface area (Å²) in [6.45, 7) is 6.00. The van der Waals surface area contributed by atoms with Gasteiger partial charge in [-0.25, -0.2) is 4.99 Å². The number of nitrogens with zero attached hydrogens (tertiary/aromatic N) is 2. The van der Waals surface area contributed by atoms with Crippen LogP contribution in [0.4, 0.5) is 5.69 Å². The molecular weight excluding hydrogens is 264 g/mol. The lowest BCUT2D eigenvalue weighted by molar-refractivity contribution is 0.415. The Hall–Kier alpha value is -2.30. The van der Waals surface area contributed by atoms with Gasteiger partial charge in [0.1, 0.15) is 11.6 Å². The first-order chi connectivity index (χ1) is 10.1. The molecule has 1 aromatic rings. The van der Waals surface area contributed by atoms with Crippen LogP contribution < -0.4 is 15.8 Å². The van der Waals surface area contributed by atoms with Gasteiger partial charge in [-0.2, -0.15) is 4.99 Å². The fourth-order valence-corrected chi connectivity index (χ4v) is 1.59. The standard InChI is InChI=1S/C16H24N4O/c1-5-8-15(20-16(17)18-12(3)6-2)19-13-9-7-10-14(11-13)21-4/h7-11,19H,5-6H2,1-4H3,(H2,17,20)/b15-8+,18-12+. The van der Waals surface area contributed by atoms with Gasteiger partial charge in [0.05, 0.1) is 7.11 Å². The fraction of sp³-hybridized carbons (Fsp3) is 0.375. The molecule has 0 fully saturated rings. The Kier molecular flexibility index (Phi) is 7.01. The maximum absolute atomic E-state index is 5.85. The van der Waals surface area contributed by atoms with E-state index in [4.69, 9.17) is 10.5 Å². The molecule has 5 heteroatoms.